The van der Waals surface area contributed by atoms with Crippen molar-refractivity contribution < 1.29 is 24.0 Å². The van der Waals surface area contributed by atoms with E-state index < -0.39 is 30.0 Å². The van der Waals surface area contributed by atoms with Crippen LogP contribution < -0.4 is 38.9 Å². The Bertz CT molecular complexity index is 1030. The summed E-state index contributed by atoms with van der Waals surface area (Å²) in [6, 6.07) is -2.36. The monoisotopic (exact) mass is 737 g/mol. The minimum absolute atomic E-state index is 0.0376. The largest absolute Gasteiger partial charge is 0.370 e. The maximum Gasteiger partial charge on any atom is 0.243 e. The summed E-state index contributed by atoms with van der Waals surface area (Å²) in [5, 5.41) is 8.74. The number of rotatable bonds is 34. The summed E-state index contributed by atoms with van der Waals surface area (Å²) in [5.41, 5.74) is 22.3. The zero-order valence-electron chi connectivity index (χ0n) is 33.2. The number of carbonyl (C=O) groups is 5. The SMILES string of the molecule is CCCCCCCCCCCC(=O)N[C@@H](CCCCN)C(=O)N[C@@H](CCCCN)C(=O)C[C@@H](CC(C)C)C(=O)N[C@@H](CCCN=C(N)N)C(=O)CC. The zero-order chi connectivity index (χ0) is 39.1. The van der Waals surface area contributed by atoms with Crippen LogP contribution in [0.2, 0.25) is 0 Å². The highest BCUT2D eigenvalue weighted by molar-refractivity contribution is 5.95. The third kappa shape index (κ3) is 25.0. The molecule has 0 saturated carbocycles. The van der Waals surface area contributed by atoms with Crippen LogP contribution in [0.4, 0.5) is 0 Å². The van der Waals surface area contributed by atoms with Crippen molar-refractivity contribution in [1.29, 1.82) is 0 Å². The maximum atomic E-state index is 13.9. The van der Waals surface area contributed by atoms with Crippen LogP contribution in [0.1, 0.15) is 163 Å². The van der Waals surface area contributed by atoms with Crippen molar-refractivity contribution in [2.24, 2.45) is 39.8 Å². The van der Waals surface area contributed by atoms with Gasteiger partial charge in [0.15, 0.2) is 17.5 Å². The highest BCUT2D eigenvalue weighted by Gasteiger charge is 2.31. The first-order chi connectivity index (χ1) is 24.9. The van der Waals surface area contributed by atoms with Crippen molar-refractivity contribution >= 4 is 35.2 Å². The number of nitrogens with two attached hydrogens (primary N) is 4. The Morgan fingerprint density at radius 1 is 0.596 bits per heavy atom. The number of nitrogens with zero attached hydrogens (tertiary/aromatic N) is 1. The molecule has 0 unspecified atom stereocenters. The summed E-state index contributed by atoms with van der Waals surface area (Å²) >= 11 is 0. The second kappa shape index (κ2) is 31.5. The fourth-order valence-electron chi connectivity index (χ4n) is 6.29. The van der Waals surface area contributed by atoms with E-state index in [1.807, 2.05) is 13.8 Å². The molecule has 13 heteroatoms. The van der Waals surface area contributed by atoms with Crippen LogP contribution in [0, 0.1) is 11.8 Å². The number of aliphatic imine (C=N–C) groups is 1. The summed E-state index contributed by atoms with van der Waals surface area (Å²) in [5.74, 6) is -1.96. The topological polar surface area (TPSA) is 238 Å². The lowest BCUT2D eigenvalue weighted by molar-refractivity contribution is -0.135. The molecule has 0 fully saturated rings. The van der Waals surface area contributed by atoms with Crippen LogP contribution in [0.25, 0.3) is 0 Å². The predicted octanol–water partition coefficient (Wildman–Crippen LogP) is 4.27. The van der Waals surface area contributed by atoms with Gasteiger partial charge in [-0.25, -0.2) is 0 Å². The second-order valence-corrected chi connectivity index (χ2v) is 14.7. The molecule has 13 nitrogen and oxygen atoms in total. The average molecular weight is 737 g/mol. The van der Waals surface area contributed by atoms with E-state index in [-0.39, 0.29) is 48.1 Å². The standard InChI is InChI=1S/C39H76N8O5/c1-5-7-8-9-10-11-12-13-14-23-36(50)45-33(21-16-18-25-41)38(52)47-32(20-15-17-24-40)35(49)28-30(27-29(3)4)37(51)46-31(34(48)6-2)22-19-26-44-39(42)43/h29-33H,5-28,40-41H2,1-4H3,(H,45,50)(H,46,51)(H,47,52)(H4,42,43,44)/t30-,31+,32+,33+/m1/s1. The molecule has 0 aliphatic rings. The number of carbonyl (C=O) groups excluding carboxylic acids is 5. The minimum Gasteiger partial charge on any atom is -0.370 e. The molecule has 0 aliphatic carbocycles. The highest BCUT2D eigenvalue weighted by atomic mass is 16.2. The van der Waals surface area contributed by atoms with Gasteiger partial charge >= 0.3 is 0 Å². The first kappa shape index (κ1) is 48.9. The predicted molar refractivity (Wildman–Crippen MR) is 211 cm³/mol. The Balaban J connectivity index is 5.66. The quantitative estimate of drug-likeness (QED) is 0.0283. The molecule has 0 saturated heterocycles. The van der Waals surface area contributed by atoms with E-state index in [2.05, 4.69) is 27.9 Å². The van der Waals surface area contributed by atoms with Gasteiger partial charge < -0.3 is 38.9 Å². The van der Waals surface area contributed by atoms with Gasteiger partial charge in [-0.3, -0.25) is 29.0 Å². The number of hydrogen-bond acceptors (Lipinski definition) is 8. The second-order valence-electron chi connectivity index (χ2n) is 14.7. The molecule has 0 aromatic heterocycles. The Kier molecular flexibility index (Phi) is 29.6. The van der Waals surface area contributed by atoms with Gasteiger partial charge in [0.1, 0.15) is 6.04 Å². The lowest BCUT2D eigenvalue weighted by Gasteiger charge is -2.26. The minimum atomic E-state index is -0.847. The van der Waals surface area contributed by atoms with Crippen molar-refractivity contribution in [3.63, 3.8) is 0 Å². The molecule has 52 heavy (non-hydrogen) atoms. The van der Waals surface area contributed by atoms with E-state index in [1.165, 1.54) is 38.5 Å². The van der Waals surface area contributed by atoms with E-state index in [9.17, 15) is 24.0 Å². The van der Waals surface area contributed by atoms with Crippen molar-refractivity contribution in [3.8, 4) is 0 Å². The lowest BCUT2D eigenvalue weighted by atomic mass is 9.88. The molecule has 11 N–H and O–H groups in total. The Morgan fingerprint density at radius 3 is 1.65 bits per heavy atom. The number of guanidine groups is 1. The Hall–Kier alpha value is -3.06. The lowest BCUT2D eigenvalue weighted by Crippen LogP contribution is -2.52. The zero-order valence-corrected chi connectivity index (χ0v) is 33.2. The molecule has 0 radical (unpaired) electrons. The van der Waals surface area contributed by atoms with E-state index in [1.54, 1.807) is 6.92 Å². The summed E-state index contributed by atoms with van der Waals surface area (Å²) in [7, 11) is 0. The average Bonchev–Trinajstić information content (AvgIpc) is 3.10. The highest BCUT2D eigenvalue weighted by Crippen LogP contribution is 2.20. The van der Waals surface area contributed by atoms with Gasteiger partial charge in [0.2, 0.25) is 17.7 Å². The van der Waals surface area contributed by atoms with Crippen molar-refractivity contribution in [2.75, 3.05) is 19.6 Å². The molecule has 302 valence electrons. The van der Waals surface area contributed by atoms with E-state index in [0.29, 0.717) is 83.8 Å². The summed E-state index contributed by atoms with van der Waals surface area (Å²) in [6.07, 6.45) is 15.5. The molecule has 0 rings (SSSR count). The van der Waals surface area contributed by atoms with Crippen molar-refractivity contribution in [3.05, 3.63) is 0 Å². The molecular weight excluding hydrogens is 660 g/mol. The van der Waals surface area contributed by atoms with Crippen LogP contribution in [0.3, 0.4) is 0 Å². The summed E-state index contributed by atoms with van der Waals surface area (Å²) in [6.45, 7) is 9.14. The number of amides is 3. The number of unbranched alkanes of at least 4 members (excludes halogenated alkanes) is 10. The van der Waals surface area contributed by atoms with Crippen LogP contribution in [-0.2, 0) is 24.0 Å². The van der Waals surface area contributed by atoms with Gasteiger partial charge in [0.25, 0.3) is 0 Å². The molecule has 0 aliphatic heterocycles. The van der Waals surface area contributed by atoms with Crippen LogP contribution >= 0.6 is 0 Å². The Morgan fingerprint density at radius 2 is 1.12 bits per heavy atom. The molecule has 0 spiro atoms. The van der Waals surface area contributed by atoms with Gasteiger partial charge in [-0.2, -0.15) is 0 Å². The summed E-state index contributed by atoms with van der Waals surface area (Å²) in [4.78, 5) is 70.8. The van der Waals surface area contributed by atoms with E-state index >= 15 is 0 Å². The van der Waals surface area contributed by atoms with Gasteiger partial charge in [-0.15, -0.1) is 0 Å². The van der Waals surface area contributed by atoms with E-state index in [0.717, 1.165) is 19.3 Å². The fraction of sp³-hybridized carbons (Fsp3) is 0.846. The van der Waals surface area contributed by atoms with Crippen LogP contribution in [0.15, 0.2) is 4.99 Å². The van der Waals surface area contributed by atoms with Crippen LogP contribution in [-0.4, -0.2) is 73.0 Å². The third-order valence-electron chi connectivity index (χ3n) is 9.33. The fourth-order valence-corrected chi connectivity index (χ4v) is 6.29. The molecular formula is C39H76N8O5. The number of nitrogens with one attached hydrogen (secondary N) is 3. The smallest absolute Gasteiger partial charge is 0.243 e. The molecule has 4 atom stereocenters. The van der Waals surface area contributed by atoms with Gasteiger partial charge in [-0.1, -0.05) is 79.1 Å². The Labute approximate surface area is 314 Å². The molecule has 0 aromatic carbocycles. The van der Waals surface area contributed by atoms with E-state index in [4.69, 9.17) is 22.9 Å². The van der Waals surface area contributed by atoms with Gasteiger partial charge in [0, 0.05) is 31.7 Å². The van der Waals surface area contributed by atoms with Crippen molar-refractivity contribution in [2.45, 2.75) is 181 Å². The van der Waals surface area contributed by atoms with Crippen molar-refractivity contribution in [1.82, 2.24) is 16.0 Å². The molecule has 0 bridgehead atoms. The van der Waals surface area contributed by atoms with Gasteiger partial charge in [0.05, 0.1) is 12.1 Å². The number of ketones is 2. The van der Waals surface area contributed by atoms with Crippen LogP contribution in [0.5, 0.6) is 0 Å². The first-order valence-corrected chi connectivity index (χ1v) is 20.3. The number of hydrogen-bond donors (Lipinski definition) is 7. The normalized spacial score (nSPS) is 13.5. The third-order valence-corrected chi connectivity index (χ3v) is 9.33. The summed E-state index contributed by atoms with van der Waals surface area (Å²) < 4.78 is 0. The first-order valence-electron chi connectivity index (χ1n) is 20.3. The number of Topliss-reactive ketones (excluding diaryl/α,β-unsaturated/α-hetero) is 2. The maximum absolute atomic E-state index is 13.9. The molecule has 3 amide bonds. The molecule has 0 heterocycles. The molecule has 0 aromatic rings. The van der Waals surface area contributed by atoms with Gasteiger partial charge in [-0.05, 0) is 83.2 Å².